The molecular formula is C16H11ClFN3OS. The van der Waals surface area contributed by atoms with E-state index >= 15 is 0 Å². The molecule has 0 bridgehead atoms. The molecule has 3 aromatic rings. The molecule has 7 heteroatoms. The summed E-state index contributed by atoms with van der Waals surface area (Å²) in [6.07, 6.45) is 0. The van der Waals surface area contributed by atoms with Crippen LogP contribution in [0.2, 0.25) is 5.02 Å². The molecule has 4 nitrogen and oxygen atoms in total. The molecule has 1 aromatic heterocycles. The maximum Gasteiger partial charge on any atom is 0.325 e. The van der Waals surface area contributed by atoms with Crippen LogP contribution in [-0.2, 0) is 0 Å². The zero-order valence-electron chi connectivity index (χ0n) is 11.7. The van der Waals surface area contributed by atoms with Crippen molar-refractivity contribution in [2.24, 2.45) is 0 Å². The summed E-state index contributed by atoms with van der Waals surface area (Å²) in [6.45, 7) is 0. The van der Waals surface area contributed by atoms with E-state index in [2.05, 4.69) is 15.6 Å². The van der Waals surface area contributed by atoms with E-state index in [4.69, 9.17) is 11.6 Å². The van der Waals surface area contributed by atoms with Gasteiger partial charge in [0.15, 0.2) is 5.13 Å². The maximum absolute atomic E-state index is 12.9. The van der Waals surface area contributed by atoms with Gasteiger partial charge in [0.25, 0.3) is 0 Å². The number of carbonyl (C=O) groups is 1. The summed E-state index contributed by atoms with van der Waals surface area (Å²) in [4.78, 5) is 16.3. The number of nitrogens with one attached hydrogen (secondary N) is 2. The molecule has 23 heavy (non-hydrogen) atoms. The van der Waals surface area contributed by atoms with Gasteiger partial charge < -0.3 is 5.32 Å². The minimum Gasteiger partial charge on any atom is -0.306 e. The normalized spacial score (nSPS) is 10.3. The number of urea groups is 1. The van der Waals surface area contributed by atoms with Crippen LogP contribution in [-0.4, -0.2) is 11.0 Å². The molecular weight excluding hydrogens is 337 g/mol. The molecule has 3 rings (SSSR count). The van der Waals surface area contributed by atoms with E-state index in [1.807, 2.05) is 0 Å². The average molecular weight is 348 g/mol. The number of halogens is 2. The van der Waals surface area contributed by atoms with E-state index in [0.717, 1.165) is 5.56 Å². The van der Waals surface area contributed by atoms with Crippen molar-refractivity contribution in [2.75, 3.05) is 10.6 Å². The van der Waals surface area contributed by atoms with Gasteiger partial charge in [-0.25, -0.2) is 14.2 Å². The lowest BCUT2D eigenvalue weighted by Gasteiger charge is -2.06. The van der Waals surface area contributed by atoms with Gasteiger partial charge >= 0.3 is 6.03 Å². The summed E-state index contributed by atoms with van der Waals surface area (Å²) in [5.74, 6) is -0.304. The van der Waals surface area contributed by atoms with Crippen LogP contribution in [0.25, 0.3) is 11.3 Å². The Hall–Kier alpha value is -2.44. The summed E-state index contributed by atoms with van der Waals surface area (Å²) in [6, 6.07) is 12.5. The fourth-order valence-corrected chi connectivity index (χ4v) is 2.80. The van der Waals surface area contributed by atoms with E-state index < -0.39 is 6.03 Å². The molecule has 0 aliphatic heterocycles. The maximum atomic E-state index is 12.9. The van der Waals surface area contributed by atoms with Crippen molar-refractivity contribution < 1.29 is 9.18 Å². The van der Waals surface area contributed by atoms with Crippen molar-refractivity contribution in [1.29, 1.82) is 0 Å². The number of amides is 2. The van der Waals surface area contributed by atoms with Crippen molar-refractivity contribution in [3.63, 3.8) is 0 Å². The SMILES string of the molecule is O=C(Nc1nc(-c2ccc(F)cc2)cs1)Nc1ccccc1Cl. The second-order valence-corrected chi connectivity index (χ2v) is 5.87. The molecule has 2 N–H and O–H groups in total. The monoisotopic (exact) mass is 347 g/mol. The lowest BCUT2D eigenvalue weighted by Crippen LogP contribution is -2.19. The second-order valence-electron chi connectivity index (χ2n) is 4.60. The third-order valence-electron chi connectivity index (χ3n) is 2.99. The number of carbonyl (C=O) groups excluding carboxylic acids is 1. The average Bonchev–Trinajstić information content (AvgIpc) is 2.98. The van der Waals surface area contributed by atoms with Crippen LogP contribution in [0.1, 0.15) is 0 Å². The molecule has 0 aliphatic carbocycles. The Morgan fingerprint density at radius 3 is 2.57 bits per heavy atom. The lowest BCUT2D eigenvalue weighted by molar-refractivity contribution is 0.262. The van der Waals surface area contributed by atoms with E-state index in [9.17, 15) is 9.18 Å². The Morgan fingerprint density at radius 1 is 1.09 bits per heavy atom. The molecule has 0 saturated heterocycles. The van der Waals surface area contributed by atoms with Crippen molar-refractivity contribution >= 4 is 39.8 Å². The van der Waals surface area contributed by atoms with Crippen LogP contribution in [0, 0.1) is 5.82 Å². The van der Waals surface area contributed by atoms with Crippen LogP contribution < -0.4 is 10.6 Å². The van der Waals surface area contributed by atoms with Crippen LogP contribution in [0.15, 0.2) is 53.9 Å². The highest BCUT2D eigenvalue weighted by Gasteiger charge is 2.09. The summed E-state index contributed by atoms with van der Waals surface area (Å²) in [5.41, 5.74) is 1.97. The minimum absolute atomic E-state index is 0.304. The van der Waals surface area contributed by atoms with Crippen LogP contribution in [0.3, 0.4) is 0 Å². The molecule has 0 saturated carbocycles. The Labute approximate surface area is 141 Å². The van der Waals surface area contributed by atoms with Gasteiger partial charge in [-0.3, -0.25) is 5.32 Å². The number of rotatable bonds is 3. The van der Waals surface area contributed by atoms with Gasteiger partial charge in [0.2, 0.25) is 0 Å². The van der Waals surface area contributed by atoms with Gasteiger partial charge in [0.05, 0.1) is 16.4 Å². The van der Waals surface area contributed by atoms with Gasteiger partial charge in [0, 0.05) is 10.9 Å². The van der Waals surface area contributed by atoms with Crippen molar-refractivity contribution in [1.82, 2.24) is 4.98 Å². The molecule has 0 aliphatic rings. The Bertz CT molecular complexity index is 835. The molecule has 1 heterocycles. The molecule has 0 fully saturated rings. The van der Waals surface area contributed by atoms with E-state index in [1.54, 1.807) is 41.8 Å². The first-order chi connectivity index (χ1) is 11.1. The molecule has 0 unspecified atom stereocenters. The van der Waals surface area contributed by atoms with Crippen LogP contribution >= 0.6 is 22.9 Å². The molecule has 116 valence electrons. The van der Waals surface area contributed by atoms with Gasteiger partial charge in [-0.2, -0.15) is 0 Å². The quantitative estimate of drug-likeness (QED) is 0.680. The number of anilines is 2. The number of thiazole rings is 1. The number of para-hydroxylation sites is 1. The number of aromatic nitrogens is 1. The molecule has 0 atom stereocenters. The smallest absolute Gasteiger partial charge is 0.306 e. The first-order valence-electron chi connectivity index (χ1n) is 6.66. The zero-order valence-corrected chi connectivity index (χ0v) is 13.3. The van der Waals surface area contributed by atoms with Crippen molar-refractivity contribution in [3.05, 3.63) is 64.8 Å². The lowest BCUT2D eigenvalue weighted by atomic mass is 10.2. The third kappa shape index (κ3) is 3.85. The van der Waals surface area contributed by atoms with Crippen LogP contribution in [0.4, 0.5) is 20.0 Å². The minimum atomic E-state index is -0.432. The van der Waals surface area contributed by atoms with Crippen molar-refractivity contribution in [2.45, 2.75) is 0 Å². The second kappa shape index (κ2) is 6.76. The Kier molecular flexibility index (Phi) is 4.55. The largest absolute Gasteiger partial charge is 0.325 e. The fraction of sp³-hybridized carbons (Fsp3) is 0. The highest BCUT2D eigenvalue weighted by Crippen LogP contribution is 2.25. The highest BCUT2D eigenvalue weighted by atomic mass is 35.5. The van der Waals surface area contributed by atoms with E-state index in [0.29, 0.717) is 21.5 Å². The van der Waals surface area contributed by atoms with Gasteiger partial charge in [0.1, 0.15) is 5.82 Å². The highest BCUT2D eigenvalue weighted by molar-refractivity contribution is 7.14. The standard InChI is InChI=1S/C16H11ClFN3OS/c17-12-3-1-2-4-13(12)19-15(22)21-16-20-14(9-23-16)10-5-7-11(18)8-6-10/h1-9H,(H2,19,20,21,22). The molecule has 2 amide bonds. The summed E-state index contributed by atoms with van der Waals surface area (Å²) < 4.78 is 12.9. The fourth-order valence-electron chi connectivity index (χ4n) is 1.90. The summed E-state index contributed by atoms with van der Waals surface area (Å²) in [5, 5.41) is 7.98. The number of nitrogens with zero attached hydrogens (tertiary/aromatic N) is 1. The molecule has 0 spiro atoms. The van der Waals surface area contributed by atoms with E-state index in [1.165, 1.54) is 23.5 Å². The third-order valence-corrected chi connectivity index (χ3v) is 4.07. The predicted octanol–water partition coefficient (Wildman–Crippen LogP) is 5.25. The number of benzene rings is 2. The predicted molar refractivity (Wildman–Crippen MR) is 91.6 cm³/mol. The van der Waals surface area contributed by atoms with Crippen LogP contribution in [0.5, 0.6) is 0 Å². The zero-order chi connectivity index (χ0) is 16.2. The number of hydrogen-bond acceptors (Lipinski definition) is 3. The van der Waals surface area contributed by atoms with Crippen molar-refractivity contribution in [3.8, 4) is 11.3 Å². The summed E-state index contributed by atoms with van der Waals surface area (Å²) in [7, 11) is 0. The topological polar surface area (TPSA) is 54.0 Å². The Morgan fingerprint density at radius 2 is 1.83 bits per heavy atom. The first-order valence-corrected chi connectivity index (χ1v) is 7.91. The summed E-state index contributed by atoms with van der Waals surface area (Å²) >= 11 is 7.26. The Balaban J connectivity index is 1.68. The molecule has 2 aromatic carbocycles. The van der Waals surface area contributed by atoms with Gasteiger partial charge in [-0.05, 0) is 36.4 Å². The first kappa shape index (κ1) is 15.5. The van der Waals surface area contributed by atoms with E-state index in [-0.39, 0.29) is 5.82 Å². The number of hydrogen-bond donors (Lipinski definition) is 2. The van der Waals surface area contributed by atoms with Gasteiger partial charge in [-0.1, -0.05) is 23.7 Å². The van der Waals surface area contributed by atoms with Gasteiger partial charge in [-0.15, -0.1) is 11.3 Å². The molecule has 0 radical (unpaired) electrons.